The van der Waals surface area contributed by atoms with E-state index < -0.39 is 0 Å². The van der Waals surface area contributed by atoms with E-state index in [4.69, 9.17) is 11.6 Å². The van der Waals surface area contributed by atoms with Crippen molar-refractivity contribution in [1.29, 1.82) is 0 Å². The lowest BCUT2D eigenvalue weighted by Gasteiger charge is -2.12. The van der Waals surface area contributed by atoms with E-state index in [2.05, 4.69) is 20.5 Å². The number of nitrogens with one attached hydrogen (secondary N) is 1. The maximum atomic E-state index is 12.6. The van der Waals surface area contributed by atoms with Crippen molar-refractivity contribution < 1.29 is 4.79 Å². The van der Waals surface area contributed by atoms with E-state index in [-0.39, 0.29) is 11.7 Å². The molecule has 2 heterocycles. The standard InChI is InChI=1S/C23H20ClN5OS/c1-15-6-3-7-16(2)21(15)26-20(30)14-31-23-28-27-22(17-8-5-11-25-13-17)29(23)19-10-4-9-18(24)12-19/h3-13H,14H2,1-2H3,(H,26,30). The first-order chi connectivity index (χ1) is 15.0. The first kappa shape index (κ1) is 21.1. The van der Waals surface area contributed by atoms with Crippen molar-refractivity contribution in [2.75, 3.05) is 11.1 Å². The molecule has 0 bridgehead atoms. The second kappa shape index (κ2) is 9.32. The number of hydrogen-bond donors (Lipinski definition) is 1. The summed E-state index contributed by atoms with van der Waals surface area (Å²) >= 11 is 7.54. The number of para-hydroxylation sites is 1. The predicted molar refractivity (Wildman–Crippen MR) is 125 cm³/mol. The molecule has 4 aromatic rings. The molecule has 0 aliphatic carbocycles. The van der Waals surface area contributed by atoms with Gasteiger partial charge in [-0.2, -0.15) is 0 Å². The first-order valence-corrected chi connectivity index (χ1v) is 11.0. The van der Waals surface area contributed by atoms with Gasteiger partial charge in [0, 0.05) is 28.7 Å². The molecule has 0 aliphatic heterocycles. The molecule has 31 heavy (non-hydrogen) atoms. The molecule has 0 fully saturated rings. The number of aromatic nitrogens is 4. The van der Waals surface area contributed by atoms with Gasteiger partial charge < -0.3 is 5.32 Å². The Bertz CT molecular complexity index is 1210. The molecule has 156 valence electrons. The van der Waals surface area contributed by atoms with Crippen LogP contribution in [0.5, 0.6) is 0 Å². The van der Waals surface area contributed by atoms with Crippen molar-refractivity contribution in [1.82, 2.24) is 19.7 Å². The fraction of sp³-hybridized carbons (Fsp3) is 0.130. The van der Waals surface area contributed by atoms with E-state index in [1.807, 2.05) is 73.0 Å². The van der Waals surface area contributed by atoms with Crippen LogP contribution < -0.4 is 5.32 Å². The molecule has 0 spiro atoms. The fourth-order valence-electron chi connectivity index (χ4n) is 3.21. The molecular weight excluding hydrogens is 430 g/mol. The summed E-state index contributed by atoms with van der Waals surface area (Å²) in [6.07, 6.45) is 3.43. The maximum absolute atomic E-state index is 12.6. The van der Waals surface area contributed by atoms with Crippen molar-refractivity contribution in [3.63, 3.8) is 0 Å². The van der Waals surface area contributed by atoms with Crippen LogP contribution >= 0.6 is 23.4 Å². The summed E-state index contributed by atoms with van der Waals surface area (Å²) < 4.78 is 1.89. The highest BCUT2D eigenvalue weighted by Crippen LogP contribution is 2.29. The Hall–Kier alpha value is -3.16. The Labute approximate surface area is 189 Å². The van der Waals surface area contributed by atoms with Gasteiger partial charge in [-0.05, 0) is 55.3 Å². The summed E-state index contributed by atoms with van der Waals surface area (Å²) in [6, 6.07) is 17.1. The Morgan fingerprint density at radius 1 is 1.06 bits per heavy atom. The van der Waals surface area contributed by atoms with Gasteiger partial charge >= 0.3 is 0 Å². The second-order valence-corrected chi connectivity index (χ2v) is 8.35. The van der Waals surface area contributed by atoms with Gasteiger partial charge in [0.1, 0.15) is 0 Å². The highest BCUT2D eigenvalue weighted by Gasteiger charge is 2.18. The maximum Gasteiger partial charge on any atom is 0.234 e. The Kier molecular flexibility index (Phi) is 6.34. The minimum Gasteiger partial charge on any atom is -0.325 e. The summed E-state index contributed by atoms with van der Waals surface area (Å²) in [5.74, 6) is 0.721. The first-order valence-electron chi connectivity index (χ1n) is 9.63. The normalized spacial score (nSPS) is 10.8. The third kappa shape index (κ3) is 4.78. The van der Waals surface area contributed by atoms with E-state index in [0.29, 0.717) is 16.0 Å². The van der Waals surface area contributed by atoms with Gasteiger partial charge in [-0.3, -0.25) is 14.3 Å². The van der Waals surface area contributed by atoms with Gasteiger partial charge in [-0.1, -0.05) is 47.6 Å². The van der Waals surface area contributed by atoms with Crippen molar-refractivity contribution >= 4 is 35.0 Å². The highest BCUT2D eigenvalue weighted by molar-refractivity contribution is 7.99. The smallest absolute Gasteiger partial charge is 0.234 e. The monoisotopic (exact) mass is 449 g/mol. The van der Waals surface area contributed by atoms with Crippen LogP contribution in [0, 0.1) is 13.8 Å². The highest BCUT2D eigenvalue weighted by atomic mass is 35.5. The largest absolute Gasteiger partial charge is 0.325 e. The topological polar surface area (TPSA) is 72.7 Å². The summed E-state index contributed by atoms with van der Waals surface area (Å²) in [7, 11) is 0. The number of rotatable bonds is 6. The summed E-state index contributed by atoms with van der Waals surface area (Å²) in [5.41, 5.74) is 4.54. The van der Waals surface area contributed by atoms with Gasteiger partial charge in [-0.25, -0.2) is 0 Å². The van der Waals surface area contributed by atoms with Crippen LogP contribution in [0.3, 0.4) is 0 Å². The minimum atomic E-state index is -0.106. The van der Waals surface area contributed by atoms with Gasteiger partial charge in [0.15, 0.2) is 11.0 Å². The van der Waals surface area contributed by atoms with Crippen molar-refractivity contribution in [2.24, 2.45) is 0 Å². The number of carbonyl (C=O) groups excluding carboxylic acids is 1. The number of amides is 1. The number of pyridine rings is 1. The Balaban J connectivity index is 1.61. The van der Waals surface area contributed by atoms with E-state index in [9.17, 15) is 4.79 Å². The molecular formula is C23H20ClN5OS. The zero-order valence-electron chi connectivity index (χ0n) is 17.0. The third-order valence-corrected chi connectivity index (χ3v) is 5.86. The van der Waals surface area contributed by atoms with Crippen molar-refractivity contribution in [3.8, 4) is 17.1 Å². The average molecular weight is 450 g/mol. The van der Waals surface area contributed by atoms with Gasteiger partial charge in [-0.15, -0.1) is 10.2 Å². The number of halogens is 1. The van der Waals surface area contributed by atoms with E-state index in [1.165, 1.54) is 11.8 Å². The lowest BCUT2D eigenvalue weighted by atomic mass is 10.1. The Morgan fingerprint density at radius 3 is 2.55 bits per heavy atom. The van der Waals surface area contributed by atoms with E-state index >= 15 is 0 Å². The molecule has 8 heteroatoms. The van der Waals surface area contributed by atoms with Crippen molar-refractivity contribution in [3.05, 3.63) is 83.1 Å². The molecule has 4 rings (SSSR count). The number of hydrogen-bond acceptors (Lipinski definition) is 5. The molecule has 1 N–H and O–H groups in total. The predicted octanol–water partition coefficient (Wildman–Crippen LogP) is 5.33. The van der Waals surface area contributed by atoms with Crippen LogP contribution in [0.4, 0.5) is 5.69 Å². The minimum absolute atomic E-state index is 0.106. The summed E-state index contributed by atoms with van der Waals surface area (Å²) in [4.78, 5) is 16.8. The van der Waals surface area contributed by atoms with Gasteiger partial charge in [0.25, 0.3) is 0 Å². The quantitative estimate of drug-likeness (QED) is 0.403. The summed E-state index contributed by atoms with van der Waals surface area (Å²) in [6.45, 7) is 3.96. The number of anilines is 1. The van der Waals surface area contributed by atoms with Gasteiger partial charge in [0.05, 0.1) is 11.4 Å². The SMILES string of the molecule is Cc1cccc(C)c1NC(=O)CSc1nnc(-c2cccnc2)n1-c1cccc(Cl)c1. The Morgan fingerprint density at radius 2 is 1.84 bits per heavy atom. The zero-order valence-corrected chi connectivity index (χ0v) is 18.6. The third-order valence-electron chi connectivity index (χ3n) is 4.70. The number of thioether (sulfide) groups is 1. The molecule has 0 unspecified atom stereocenters. The number of aryl methyl sites for hydroxylation is 2. The second-order valence-electron chi connectivity index (χ2n) is 6.97. The van der Waals surface area contributed by atoms with Crippen LogP contribution in [0.2, 0.25) is 5.02 Å². The molecule has 0 aliphatic rings. The molecule has 0 saturated carbocycles. The van der Waals surface area contributed by atoms with E-state index in [0.717, 1.165) is 28.1 Å². The lowest BCUT2D eigenvalue weighted by Crippen LogP contribution is -2.16. The number of nitrogens with zero attached hydrogens (tertiary/aromatic N) is 4. The molecule has 0 radical (unpaired) electrons. The van der Waals surface area contributed by atoms with Crippen LogP contribution in [0.15, 0.2) is 72.1 Å². The summed E-state index contributed by atoms with van der Waals surface area (Å²) in [5, 5.41) is 12.9. The number of benzene rings is 2. The van der Waals surface area contributed by atoms with E-state index in [1.54, 1.807) is 12.4 Å². The van der Waals surface area contributed by atoms with Crippen molar-refractivity contribution in [2.45, 2.75) is 19.0 Å². The molecule has 0 saturated heterocycles. The molecule has 1 amide bonds. The molecule has 2 aromatic heterocycles. The lowest BCUT2D eigenvalue weighted by molar-refractivity contribution is -0.113. The van der Waals surface area contributed by atoms with Crippen LogP contribution in [0.1, 0.15) is 11.1 Å². The molecule has 0 atom stereocenters. The fourth-order valence-corrected chi connectivity index (χ4v) is 4.15. The molecule has 6 nitrogen and oxygen atoms in total. The zero-order chi connectivity index (χ0) is 21.8. The van der Waals surface area contributed by atoms with Crippen LogP contribution in [-0.2, 0) is 4.79 Å². The van der Waals surface area contributed by atoms with Crippen LogP contribution in [0.25, 0.3) is 17.1 Å². The number of carbonyl (C=O) groups is 1. The van der Waals surface area contributed by atoms with Crippen LogP contribution in [-0.4, -0.2) is 31.4 Å². The molecule has 2 aromatic carbocycles. The average Bonchev–Trinajstić information content (AvgIpc) is 3.20. The van der Waals surface area contributed by atoms with Gasteiger partial charge in [0.2, 0.25) is 5.91 Å².